The Morgan fingerprint density at radius 3 is 2.13 bits per heavy atom. The molecule has 9 nitrogen and oxygen atoms in total. The Morgan fingerprint density at radius 2 is 1.50 bits per heavy atom. The fourth-order valence-electron chi connectivity index (χ4n) is 2.38. The minimum atomic E-state index is -1.97. The molecule has 0 aliphatic rings. The summed E-state index contributed by atoms with van der Waals surface area (Å²) < 4.78 is 10.1. The van der Waals surface area contributed by atoms with Crippen molar-refractivity contribution in [1.29, 1.82) is 0 Å². The lowest BCUT2D eigenvalue weighted by atomic mass is 10.1. The number of hydrogen-bond donors (Lipinski definition) is 4. The van der Waals surface area contributed by atoms with Crippen LogP contribution in [0.1, 0.15) is 12.8 Å². The predicted octanol–water partition coefficient (Wildman–Crippen LogP) is 1.21. The maximum Gasteiger partial charge on any atom is 0.305 e. The Morgan fingerprint density at radius 1 is 0.900 bits per heavy atom. The monoisotopic (exact) mass is 416 g/mol. The molecule has 2 aromatic rings. The van der Waals surface area contributed by atoms with Gasteiger partial charge in [-0.1, -0.05) is 18.2 Å². The van der Waals surface area contributed by atoms with Crippen molar-refractivity contribution in [2.45, 2.75) is 25.0 Å². The second kappa shape index (κ2) is 11.5. The first-order chi connectivity index (χ1) is 14.4. The van der Waals surface area contributed by atoms with Crippen LogP contribution in [0.5, 0.6) is 11.5 Å². The number of aliphatic hydroxyl groups excluding tert-OH is 2. The van der Waals surface area contributed by atoms with Crippen LogP contribution in [0.15, 0.2) is 54.6 Å². The van der Waals surface area contributed by atoms with Gasteiger partial charge in [0.1, 0.15) is 11.5 Å². The summed E-state index contributed by atoms with van der Waals surface area (Å²) in [6, 6.07) is 15.5. The third kappa shape index (κ3) is 7.19. The second-order valence-electron chi connectivity index (χ2n) is 6.29. The van der Waals surface area contributed by atoms with Crippen molar-refractivity contribution in [1.82, 2.24) is 5.32 Å². The molecule has 0 saturated carbocycles. The summed E-state index contributed by atoms with van der Waals surface area (Å²) in [6.45, 7) is 0.0855. The molecular formula is C21H24N2O7. The molecule has 30 heavy (non-hydrogen) atoms. The van der Waals surface area contributed by atoms with Crippen LogP contribution >= 0.6 is 0 Å². The smallest absolute Gasteiger partial charge is 0.305 e. The number of benzene rings is 2. The van der Waals surface area contributed by atoms with E-state index < -0.39 is 30.0 Å². The van der Waals surface area contributed by atoms with Crippen LogP contribution in [0.4, 0.5) is 5.69 Å². The van der Waals surface area contributed by atoms with Gasteiger partial charge in [-0.2, -0.15) is 0 Å². The fourth-order valence-corrected chi connectivity index (χ4v) is 2.38. The van der Waals surface area contributed by atoms with Crippen LogP contribution in [-0.2, 0) is 19.1 Å². The molecule has 0 radical (unpaired) electrons. The van der Waals surface area contributed by atoms with Gasteiger partial charge < -0.3 is 30.3 Å². The van der Waals surface area contributed by atoms with E-state index >= 15 is 0 Å². The van der Waals surface area contributed by atoms with Gasteiger partial charge in [0.15, 0.2) is 12.2 Å². The standard InChI is InChI=1S/C21H24N2O7/c1-29-17(24)8-5-13-22-20(27)18(25)19(26)21(28)23-14-9-11-16(12-10-14)30-15-6-3-2-4-7-15/h2-4,6-7,9-12,18-19,25-26H,5,8,13H2,1H3,(H,22,27)(H,23,28)/t18-,19-/m1/s1. The van der Waals surface area contributed by atoms with Crippen LogP contribution in [0, 0.1) is 0 Å². The zero-order chi connectivity index (χ0) is 21.9. The third-order valence-corrected chi connectivity index (χ3v) is 4.02. The predicted molar refractivity (Wildman–Crippen MR) is 108 cm³/mol. The minimum Gasteiger partial charge on any atom is -0.469 e. The average molecular weight is 416 g/mol. The van der Waals surface area contributed by atoms with E-state index in [9.17, 15) is 24.6 Å². The number of methoxy groups -OCH3 is 1. The van der Waals surface area contributed by atoms with Gasteiger partial charge in [0.05, 0.1) is 7.11 Å². The molecule has 2 rings (SSSR count). The molecule has 4 N–H and O–H groups in total. The zero-order valence-corrected chi connectivity index (χ0v) is 16.4. The van der Waals surface area contributed by atoms with E-state index in [-0.39, 0.29) is 13.0 Å². The van der Waals surface area contributed by atoms with Gasteiger partial charge >= 0.3 is 5.97 Å². The average Bonchev–Trinajstić information content (AvgIpc) is 2.77. The minimum absolute atomic E-state index is 0.0855. The molecular weight excluding hydrogens is 392 g/mol. The van der Waals surface area contributed by atoms with Gasteiger partial charge in [0.25, 0.3) is 11.8 Å². The molecule has 0 heterocycles. The van der Waals surface area contributed by atoms with E-state index in [0.29, 0.717) is 23.6 Å². The molecule has 0 aliphatic carbocycles. The van der Waals surface area contributed by atoms with Gasteiger partial charge in [-0.05, 0) is 42.8 Å². The summed E-state index contributed by atoms with van der Waals surface area (Å²) in [5, 5.41) is 24.5. The molecule has 9 heteroatoms. The van der Waals surface area contributed by atoms with Gasteiger partial charge in [-0.25, -0.2) is 0 Å². The number of esters is 1. The quantitative estimate of drug-likeness (QED) is 0.338. The molecule has 2 amide bonds. The number of ether oxygens (including phenoxy) is 2. The lowest BCUT2D eigenvalue weighted by molar-refractivity contribution is -0.143. The number of aliphatic hydroxyl groups is 2. The number of carbonyl (C=O) groups is 3. The Balaban J connectivity index is 1.81. The van der Waals surface area contributed by atoms with Gasteiger partial charge in [0.2, 0.25) is 0 Å². The Hall–Kier alpha value is -3.43. The van der Waals surface area contributed by atoms with Crippen molar-refractivity contribution in [2.24, 2.45) is 0 Å². The highest BCUT2D eigenvalue weighted by Crippen LogP contribution is 2.22. The van der Waals surface area contributed by atoms with Gasteiger partial charge in [-0.15, -0.1) is 0 Å². The largest absolute Gasteiger partial charge is 0.469 e. The second-order valence-corrected chi connectivity index (χ2v) is 6.29. The Kier molecular flexibility index (Phi) is 8.79. The number of anilines is 1. The van der Waals surface area contributed by atoms with E-state index in [1.54, 1.807) is 36.4 Å². The first-order valence-corrected chi connectivity index (χ1v) is 9.25. The summed E-state index contributed by atoms with van der Waals surface area (Å²) in [6.07, 6.45) is -3.53. The number of para-hydroxylation sites is 1. The van der Waals surface area contributed by atoms with E-state index in [1.165, 1.54) is 7.11 Å². The summed E-state index contributed by atoms with van der Waals surface area (Å²) in [5.74, 6) is -1.08. The first kappa shape index (κ1) is 22.9. The van der Waals surface area contributed by atoms with E-state index in [2.05, 4.69) is 15.4 Å². The summed E-state index contributed by atoms with van der Waals surface area (Å²) in [7, 11) is 1.25. The van der Waals surface area contributed by atoms with Crippen LogP contribution in [0.3, 0.4) is 0 Å². The lowest BCUT2D eigenvalue weighted by Crippen LogP contribution is -2.47. The normalized spacial score (nSPS) is 12.4. The number of hydrogen-bond acceptors (Lipinski definition) is 7. The van der Waals surface area contributed by atoms with Crippen molar-refractivity contribution in [3.63, 3.8) is 0 Å². The molecule has 160 valence electrons. The number of carbonyl (C=O) groups excluding carboxylic acids is 3. The summed E-state index contributed by atoms with van der Waals surface area (Å²) in [5.41, 5.74) is 0.352. The Labute approximate surface area is 173 Å². The molecule has 0 unspecified atom stereocenters. The van der Waals surface area contributed by atoms with Gasteiger partial charge in [0, 0.05) is 18.7 Å². The van der Waals surface area contributed by atoms with Gasteiger partial charge in [-0.3, -0.25) is 14.4 Å². The van der Waals surface area contributed by atoms with Crippen molar-refractivity contribution in [3.8, 4) is 11.5 Å². The highest BCUT2D eigenvalue weighted by Gasteiger charge is 2.30. The summed E-state index contributed by atoms with van der Waals surface area (Å²) in [4.78, 5) is 34.9. The maximum atomic E-state index is 12.1. The number of nitrogens with one attached hydrogen (secondary N) is 2. The highest BCUT2D eigenvalue weighted by molar-refractivity contribution is 5.98. The zero-order valence-electron chi connectivity index (χ0n) is 16.4. The topological polar surface area (TPSA) is 134 Å². The molecule has 0 bridgehead atoms. The molecule has 0 aliphatic heterocycles. The van der Waals surface area contributed by atoms with Crippen LogP contribution < -0.4 is 15.4 Å². The third-order valence-electron chi connectivity index (χ3n) is 4.02. The Bertz CT molecular complexity index is 840. The van der Waals surface area contributed by atoms with Crippen LogP contribution in [-0.4, -0.2) is 53.9 Å². The molecule has 0 fully saturated rings. The van der Waals surface area contributed by atoms with Crippen molar-refractivity contribution in [2.75, 3.05) is 19.0 Å². The van der Waals surface area contributed by atoms with E-state index in [1.807, 2.05) is 18.2 Å². The molecule has 0 aromatic heterocycles. The maximum absolute atomic E-state index is 12.1. The number of rotatable bonds is 10. The van der Waals surface area contributed by atoms with Crippen LogP contribution in [0.2, 0.25) is 0 Å². The molecule has 2 aromatic carbocycles. The molecule has 2 atom stereocenters. The first-order valence-electron chi connectivity index (χ1n) is 9.25. The van der Waals surface area contributed by atoms with Crippen molar-refractivity contribution < 1.29 is 34.1 Å². The highest BCUT2D eigenvalue weighted by atomic mass is 16.5. The summed E-state index contributed by atoms with van der Waals surface area (Å²) >= 11 is 0. The molecule has 0 saturated heterocycles. The van der Waals surface area contributed by atoms with Crippen molar-refractivity contribution >= 4 is 23.5 Å². The van der Waals surface area contributed by atoms with Crippen LogP contribution in [0.25, 0.3) is 0 Å². The fraction of sp³-hybridized carbons (Fsp3) is 0.286. The number of amides is 2. The SMILES string of the molecule is COC(=O)CCCNC(=O)[C@H](O)[C@@H](O)C(=O)Nc1ccc(Oc2ccccc2)cc1. The van der Waals surface area contributed by atoms with Crippen molar-refractivity contribution in [3.05, 3.63) is 54.6 Å². The van der Waals surface area contributed by atoms with E-state index in [0.717, 1.165) is 0 Å². The van der Waals surface area contributed by atoms with E-state index in [4.69, 9.17) is 4.74 Å². The lowest BCUT2D eigenvalue weighted by Gasteiger charge is -2.17. The molecule has 0 spiro atoms.